The first-order valence-electron chi connectivity index (χ1n) is 5.62. The predicted molar refractivity (Wildman–Crippen MR) is 66.0 cm³/mol. The van der Waals surface area contributed by atoms with Gasteiger partial charge >= 0.3 is 0 Å². The van der Waals surface area contributed by atoms with E-state index in [4.69, 9.17) is 10.9 Å². The van der Waals surface area contributed by atoms with E-state index in [1.165, 1.54) is 10.5 Å². The number of aromatic nitrogens is 1. The van der Waals surface area contributed by atoms with Gasteiger partial charge in [0, 0.05) is 25.9 Å². The first-order chi connectivity index (χ1) is 8.59. The molecule has 0 saturated carbocycles. The lowest BCUT2D eigenvalue weighted by Gasteiger charge is -2.17. The zero-order valence-corrected chi connectivity index (χ0v) is 10.6. The summed E-state index contributed by atoms with van der Waals surface area (Å²) >= 11 is 0. The van der Waals surface area contributed by atoms with Gasteiger partial charge in [-0.05, 0) is 24.5 Å². The van der Waals surface area contributed by atoms with Crippen LogP contribution in [-0.2, 0) is 10.0 Å². The van der Waals surface area contributed by atoms with Crippen molar-refractivity contribution in [2.75, 3.05) is 25.1 Å². The molecule has 0 spiro atoms. The molecule has 1 atom stereocenters. The predicted octanol–water partition coefficient (Wildman–Crippen LogP) is -0.630. The molecule has 2 rings (SSSR count). The van der Waals surface area contributed by atoms with Crippen molar-refractivity contribution in [3.05, 3.63) is 18.3 Å². The van der Waals surface area contributed by atoms with E-state index in [0.29, 0.717) is 19.5 Å². The van der Waals surface area contributed by atoms with Crippen LogP contribution in [0.3, 0.4) is 0 Å². The fourth-order valence-electron chi connectivity index (χ4n) is 1.99. The molecule has 0 aliphatic carbocycles. The summed E-state index contributed by atoms with van der Waals surface area (Å²) < 4.78 is 26.1. The minimum Gasteiger partial charge on any atom is -0.396 e. The minimum atomic E-state index is -3.66. The number of rotatable bonds is 4. The van der Waals surface area contributed by atoms with Crippen molar-refractivity contribution in [2.45, 2.75) is 11.4 Å². The summed E-state index contributed by atoms with van der Waals surface area (Å²) in [6, 6.07) is 3.16. The van der Waals surface area contributed by atoms with Gasteiger partial charge in [-0.1, -0.05) is 0 Å². The average molecular weight is 272 g/mol. The van der Waals surface area contributed by atoms with E-state index < -0.39 is 10.0 Å². The summed E-state index contributed by atoms with van der Waals surface area (Å²) in [7, 11) is -3.66. The van der Waals surface area contributed by atoms with Gasteiger partial charge in [0.15, 0.2) is 5.03 Å². The highest BCUT2D eigenvalue weighted by Gasteiger charge is 2.34. The van der Waals surface area contributed by atoms with Gasteiger partial charge in [-0.25, -0.2) is 13.4 Å². The molecule has 4 N–H and O–H groups in total. The van der Waals surface area contributed by atoms with Gasteiger partial charge in [0.2, 0.25) is 0 Å². The van der Waals surface area contributed by atoms with Crippen LogP contribution >= 0.6 is 0 Å². The molecule has 2 heterocycles. The number of pyridine rings is 1. The van der Waals surface area contributed by atoms with Crippen LogP contribution in [0.25, 0.3) is 0 Å². The SMILES string of the molecule is NNc1cccnc1S(=O)(=O)N1CCC(CO)C1. The maximum absolute atomic E-state index is 12.4. The lowest BCUT2D eigenvalue weighted by Crippen LogP contribution is -2.31. The molecule has 1 fully saturated rings. The smallest absolute Gasteiger partial charge is 0.262 e. The fourth-order valence-corrected chi connectivity index (χ4v) is 3.59. The highest BCUT2D eigenvalue weighted by molar-refractivity contribution is 7.89. The number of nitrogens with zero attached hydrogens (tertiary/aromatic N) is 2. The second-order valence-corrected chi connectivity index (χ2v) is 6.05. The Morgan fingerprint density at radius 1 is 1.61 bits per heavy atom. The Balaban J connectivity index is 2.31. The summed E-state index contributed by atoms with van der Waals surface area (Å²) in [5.74, 6) is 5.28. The highest BCUT2D eigenvalue weighted by atomic mass is 32.2. The van der Waals surface area contributed by atoms with Crippen LogP contribution < -0.4 is 11.3 Å². The number of nitrogen functional groups attached to an aromatic ring is 1. The fraction of sp³-hybridized carbons (Fsp3) is 0.500. The molecule has 1 aliphatic rings. The van der Waals surface area contributed by atoms with Gasteiger partial charge < -0.3 is 10.5 Å². The van der Waals surface area contributed by atoms with Gasteiger partial charge in [-0.3, -0.25) is 5.84 Å². The number of aliphatic hydroxyl groups excluding tert-OH is 1. The van der Waals surface area contributed by atoms with Crippen LogP contribution in [0.15, 0.2) is 23.4 Å². The summed E-state index contributed by atoms with van der Waals surface area (Å²) in [5, 5.41) is 8.97. The van der Waals surface area contributed by atoms with Crippen molar-refractivity contribution in [1.29, 1.82) is 0 Å². The molecule has 1 saturated heterocycles. The number of hydrazine groups is 1. The Labute approximate surface area is 106 Å². The highest BCUT2D eigenvalue weighted by Crippen LogP contribution is 2.26. The molecule has 100 valence electrons. The van der Waals surface area contributed by atoms with Gasteiger partial charge in [0.25, 0.3) is 10.0 Å². The van der Waals surface area contributed by atoms with Crippen LogP contribution in [0.1, 0.15) is 6.42 Å². The third-order valence-corrected chi connectivity index (χ3v) is 4.84. The number of hydrogen-bond donors (Lipinski definition) is 3. The molecule has 18 heavy (non-hydrogen) atoms. The Bertz CT molecular complexity index is 520. The van der Waals surface area contributed by atoms with E-state index in [-0.39, 0.29) is 23.2 Å². The van der Waals surface area contributed by atoms with Crippen LogP contribution in [0.5, 0.6) is 0 Å². The van der Waals surface area contributed by atoms with Crippen molar-refractivity contribution in [1.82, 2.24) is 9.29 Å². The second-order valence-electron chi connectivity index (χ2n) is 4.20. The summed E-state index contributed by atoms with van der Waals surface area (Å²) in [4.78, 5) is 3.88. The van der Waals surface area contributed by atoms with E-state index in [9.17, 15) is 8.42 Å². The Morgan fingerprint density at radius 3 is 3.00 bits per heavy atom. The van der Waals surface area contributed by atoms with Gasteiger partial charge in [-0.15, -0.1) is 0 Å². The normalized spacial score (nSPS) is 21.1. The Morgan fingerprint density at radius 2 is 2.39 bits per heavy atom. The summed E-state index contributed by atoms with van der Waals surface area (Å²) in [6.45, 7) is 0.712. The first kappa shape index (κ1) is 13.2. The molecule has 1 unspecified atom stereocenters. The molecule has 0 aromatic carbocycles. The molecule has 0 bridgehead atoms. The first-order valence-corrected chi connectivity index (χ1v) is 7.06. The minimum absolute atomic E-state index is 0.00206. The molecule has 0 amide bonds. The molecular weight excluding hydrogens is 256 g/mol. The Hall–Kier alpha value is -1.22. The Kier molecular flexibility index (Phi) is 3.81. The van der Waals surface area contributed by atoms with Crippen LogP contribution in [0.2, 0.25) is 0 Å². The maximum atomic E-state index is 12.4. The van der Waals surface area contributed by atoms with E-state index >= 15 is 0 Å². The maximum Gasteiger partial charge on any atom is 0.262 e. The number of sulfonamides is 1. The number of aliphatic hydroxyl groups is 1. The van der Waals surface area contributed by atoms with E-state index in [0.717, 1.165) is 0 Å². The van der Waals surface area contributed by atoms with E-state index in [2.05, 4.69) is 10.4 Å². The van der Waals surface area contributed by atoms with Crippen LogP contribution in [0.4, 0.5) is 5.69 Å². The van der Waals surface area contributed by atoms with Crippen molar-refractivity contribution >= 4 is 15.7 Å². The lowest BCUT2D eigenvalue weighted by atomic mass is 10.1. The summed E-state index contributed by atoms with van der Waals surface area (Å²) in [5.41, 5.74) is 2.60. The molecule has 7 nitrogen and oxygen atoms in total. The molecule has 0 radical (unpaired) electrons. The number of anilines is 1. The van der Waals surface area contributed by atoms with Gasteiger partial charge in [0.1, 0.15) is 0 Å². The van der Waals surface area contributed by atoms with Crippen LogP contribution in [-0.4, -0.2) is 42.5 Å². The van der Waals surface area contributed by atoms with E-state index in [1.54, 1.807) is 12.1 Å². The standard InChI is InChI=1S/C10H16N4O3S/c11-13-9-2-1-4-12-10(9)18(16,17)14-5-3-8(6-14)7-15/h1-2,4,8,13,15H,3,5-7,11H2. The van der Waals surface area contributed by atoms with Crippen molar-refractivity contribution in [3.63, 3.8) is 0 Å². The molecule has 8 heteroatoms. The van der Waals surface area contributed by atoms with Crippen molar-refractivity contribution in [2.24, 2.45) is 11.8 Å². The zero-order valence-electron chi connectivity index (χ0n) is 9.78. The monoisotopic (exact) mass is 272 g/mol. The topological polar surface area (TPSA) is 109 Å². The lowest BCUT2D eigenvalue weighted by molar-refractivity contribution is 0.233. The summed E-state index contributed by atoms with van der Waals surface area (Å²) in [6.07, 6.45) is 2.07. The average Bonchev–Trinajstić information content (AvgIpc) is 2.88. The third-order valence-electron chi connectivity index (χ3n) is 3.02. The second kappa shape index (κ2) is 5.19. The van der Waals surface area contributed by atoms with Crippen molar-refractivity contribution in [3.8, 4) is 0 Å². The number of nitrogens with two attached hydrogens (primary N) is 1. The molecule has 1 aliphatic heterocycles. The largest absolute Gasteiger partial charge is 0.396 e. The van der Waals surface area contributed by atoms with Crippen molar-refractivity contribution < 1.29 is 13.5 Å². The van der Waals surface area contributed by atoms with E-state index in [1.807, 2.05) is 0 Å². The molecule has 1 aromatic rings. The third kappa shape index (κ3) is 2.32. The number of hydrogen-bond acceptors (Lipinski definition) is 6. The van der Waals surface area contributed by atoms with Gasteiger partial charge in [0.05, 0.1) is 5.69 Å². The molecular formula is C10H16N4O3S. The zero-order chi connectivity index (χ0) is 13.2. The number of nitrogens with one attached hydrogen (secondary N) is 1. The van der Waals surface area contributed by atoms with Crippen LogP contribution in [0, 0.1) is 5.92 Å². The van der Waals surface area contributed by atoms with Gasteiger partial charge in [-0.2, -0.15) is 4.31 Å². The molecule has 1 aromatic heterocycles. The quantitative estimate of drug-likeness (QED) is 0.497.